The number of hydrogen-bond donors (Lipinski definition) is 1. The van der Waals surface area contributed by atoms with Gasteiger partial charge in [0, 0.05) is 10.5 Å². The van der Waals surface area contributed by atoms with E-state index in [1.54, 1.807) is 0 Å². The Labute approximate surface area is 85.0 Å². The summed E-state index contributed by atoms with van der Waals surface area (Å²) in [6, 6.07) is 3.79. The quantitative estimate of drug-likeness (QED) is 0.823. The highest BCUT2D eigenvalue weighted by Gasteiger charge is 2.17. The van der Waals surface area contributed by atoms with E-state index in [0.29, 0.717) is 6.79 Å². The van der Waals surface area contributed by atoms with E-state index >= 15 is 0 Å². The monoisotopic (exact) mass is 243 g/mol. The van der Waals surface area contributed by atoms with Gasteiger partial charge in [0.05, 0.1) is 0 Å². The van der Waals surface area contributed by atoms with E-state index in [1.807, 2.05) is 19.1 Å². The van der Waals surface area contributed by atoms with Gasteiger partial charge in [-0.2, -0.15) is 0 Å². The van der Waals surface area contributed by atoms with Crippen LogP contribution in [-0.4, -0.2) is 6.79 Å². The second kappa shape index (κ2) is 3.20. The molecule has 1 aromatic rings. The molecule has 0 saturated carbocycles. The highest BCUT2D eigenvalue weighted by atomic mass is 79.9. The Morgan fingerprint density at radius 1 is 1.38 bits per heavy atom. The first kappa shape index (κ1) is 8.84. The Morgan fingerprint density at radius 3 is 2.62 bits per heavy atom. The molecule has 1 aliphatic rings. The summed E-state index contributed by atoms with van der Waals surface area (Å²) in [4.78, 5) is 0. The number of benzene rings is 1. The zero-order valence-electron chi connectivity index (χ0n) is 7.21. The molecule has 1 heterocycles. The van der Waals surface area contributed by atoms with Crippen molar-refractivity contribution in [1.82, 2.24) is 0 Å². The second-order valence-corrected chi connectivity index (χ2v) is 3.87. The van der Waals surface area contributed by atoms with Crippen LogP contribution in [0.5, 0.6) is 11.5 Å². The lowest BCUT2D eigenvalue weighted by molar-refractivity contribution is 0.174. The van der Waals surface area contributed by atoms with E-state index in [1.165, 1.54) is 0 Å². The van der Waals surface area contributed by atoms with Gasteiger partial charge in [0.25, 0.3) is 0 Å². The third kappa shape index (κ3) is 1.51. The normalized spacial score (nSPS) is 15.9. The highest BCUT2D eigenvalue weighted by Crippen LogP contribution is 2.38. The summed E-state index contributed by atoms with van der Waals surface area (Å²) in [6.45, 7) is 2.23. The van der Waals surface area contributed by atoms with Gasteiger partial charge in [-0.1, -0.05) is 15.9 Å². The molecule has 0 fully saturated rings. The molecule has 2 rings (SSSR count). The van der Waals surface area contributed by atoms with Gasteiger partial charge in [0.1, 0.15) is 0 Å². The van der Waals surface area contributed by atoms with Crippen LogP contribution >= 0.6 is 15.9 Å². The SMILES string of the molecule is C[C@@H](N)c1cc2c(cc1Br)OCO2. The van der Waals surface area contributed by atoms with Crippen molar-refractivity contribution in [3.63, 3.8) is 0 Å². The molecule has 0 aliphatic carbocycles. The van der Waals surface area contributed by atoms with Gasteiger partial charge in [-0.05, 0) is 24.6 Å². The van der Waals surface area contributed by atoms with Crippen molar-refractivity contribution < 1.29 is 9.47 Å². The molecule has 2 N–H and O–H groups in total. The van der Waals surface area contributed by atoms with Crippen molar-refractivity contribution in [1.29, 1.82) is 0 Å². The van der Waals surface area contributed by atoms with Crippen molar-refractivity contribution >= 4 is 15.9 Å². The minimum absolute atomic E-state index is 0.0103. The van der Waals surface area contributed by atoms with Gasteiger partial charge in [0.15, 0.2) is 11.5 Å². The maximum atomic E-state index is 5.78. The van der Waals surface area contributed by atoms with Crippen LogP contribution in [0.3, 0.4) is 0 Å². The van der Waals surface area contributed by atoms with Gasteiger partial charge in [-0.3, -0.25) is 0 Å². The number of fused-ring (bicyclic) bond motifs is 1. The van der Waals surface area contributed by atoms with Gasteiger partial charge >= 0.3 is 0 Å². The molecular weight excluding hydrogens is 234 g/mol. The van der Waals surface area contributed by atoms with Crippen LogP contribution < -0.4 is 15.2 Å². The van der Waals surface area contributed by atoms with Gasteiger partial charge in [-0.15, -0.1) is 0 Å². The fourth-order valence-electron chi connectivity index (χ4n) is 1.28. The Bertz CT molecular complexity index is 339. The maximum Gasteiger partial charge on any atom is 0.231 e. The Balaban J connectivity index is 2.49. The van der Waals surface area contributed by atoms with Crippen molar-refractivity contribution in [3.05, 3.63) is 22.2 Å². The lowest BCUT2D eigenvalue weighted by atomic mass is 10.1. The zero-order chi connectivity index (χ0) is 9.42. The lowest BCUT2D eigenvalue weighted by Crippen LogP contribution is -2.05. The molecular formula is C9H10BrNO2. The van der Waals surface area contributed by atoms with Crippen molar-refractivity contribution in [2.24, 2.45) is 5.73 Å². The summed E-state index contributed by atoms with van der Waals surface area (Å²) in [5.74, 6) is 1.55. The summed E-state index contributed by atoms with van der Waals surface area (Å²) < 4.78 is 11.4. The summed E-state index contributed by atoms with van der Waals surface area (Å²) in [5.41, 5.74) is 6.81. The molecule has 13 heavy (non-hydrogen) atoms. The first-order chi connectivity index (χ1) is 6.18. The second-order valence-electron chi connectivity index (χ2n) is 3.02. The summed E-state index contributed by atoms with van der Waals surface area (Å²) in [6.07, 6.45) is 0. The Kier molecular flexibility index (Phi) is 2.17. The standard InChI is InChI=1S/C9H10BrNO2/c1-5(11)6-2-8-9(3-7(6)10)13-4-12-8/h2-3,5H,4,11H2,1H3/t5-/m1/s1. The molecule has 0 bridgehead atoms. The minimum Gasteiger partial charge on any atom is -0.454 e. The first-order valence-corrected chi connectivity index (χ1v) is 4.82. The molecule has 4 heteroatoms. The number of hydrogen-bond acceptors (Lipinski definition) is 3. The molecule has 0 spiro atoms. The lowest BCUT2D eigenvalue weighted by Gasteiger charge is -2.09. The number of nitrogens with two attached hydrogens (primary N) is 1. The third-order valence-electron chi connectivity index (χ3n) is 1.98. The van der Waals surface area contributed by atoms with Crippen LogP contribution in [0.2, 0.25) is 0 Å². The Hall–Kier alpha value is -0.740. The number of ether oxygens (including phenoxy) is 2. The van der Waals surface area contributed by atoms with Crippen molar-refractivity contribution in [3.8, 4) is 11.5 Å². The molecule has 0 aromatic heterocycles. The van der Waals surface area contributed by atoms with Crippen LogP contribution in [0.4, 0.5) is 0 Å². The average Bonchev–Trinajstić information content (AvgIpc) is 2.48. The minimum atomic E-state index is -0.0103. The van der Waals surface area contributed by atoms with Gasteiger partial charge in [0.2, 0.25) is 6.79 Å². The molecule has 70 valence electrons. The average molecular weight is 244 g/mol. The van der Waals surface area contributed by atoms with E-state index in [2.05, 4.69) is 15.9 Å². The van der Waals surface area contributed by atoms with Crippen molar-refractivity contribution in [2.45, 2.75) is 13.0 Å². The van der Waals surface area contributed by atoms with E-state index in [0.717, 1.165) is 21.5 Å². The smallest absolute Gasteiger partial charge is 0.231 e. The highest BCUT2D eigenvalue weighted by molar-refractivity contribution is 9.10. The molecule has 0 unspecified atom stereocenters. The van der Waals surface area contributed by atoms with E-state index in [-0.39, 0.29) is 6.04 Å². The van der Waals surface area contributed by atoms with Crippen molar-refractivity contribution in [2.75, 3.05) is 6.79 Å². The third-order valence-corrected chi connectivity index (χ3v) is 2.67. The fraction of sp³-hybridized carbons (Fsp3) is 0.333. The van der Waals surface area contributed by atoms with Crippen LogP contribution in [0.15, 0.2) is 16.6 Å². The van der Waals surface area contributed by atoms with Crippen LogP contribution in [0, 0.1) is 0 Å². The van der Waals surface area contributed by atoms with Crippen LogP contribution in [0.1, 0.15) is 18.5 Å². The van der Waals surface area contributed by atoms with Crippen LogP contribution in [-0.2, 0) is 0 Å². The zero-order valence-corrected chi connectivity index (χ0v) is 8.80. The predicted octanol–water partition coefficient (Wildman–Crippen LogP) is 2.20. The molecule has 0 amide bonds. The molecule has 1 aliphatic heterocycles. The fourth-order valence-corrected chi connectivity index (χ4v) is 1.97. The van der Waals surface area contributed by atoms with E-state index in [4.69, 9.17) is 15.2 Å². The predicted molar refractivity (Wildman–Crippen MR) is 52.9 cm³/mol. The molecule has 1 aromatic carbocycles. The molecule has 1 atom stereocenters. The number of rotatable bonds is 1. The van der Waals surface area contributed by atoms with E-state index in [9.17, 15) is 0 Å². The molecule has 0 saturated heterocycles. The largest absolute Gasteiger partial charge is 0.454 e. The maximum absolute atomic E-state index is 5.78. The number of halogens is 1. The topological polar surface area (TPSA) is 44.5 Å². The Morgan fingerprint density at radius 2 is 2.00 bits per heavy atom. The van der Waals surface area contributed by atoms with Crippen LogP contribution in [0.25, 0.3) is 0 Å². The summed E-state index contributed by atoms with van der Waals surface area (Å²) in [5, 5.41) is 0. The first-order valence-electron chi connectivity index (χ1n) is 4.03. The molecule has 0 radical (unpaired) electrons. The van der Waals surface area contributed by atoms with Gasteiger partial charge < -0.3 is 15.2 Å². The molecule has 3 nitrogen and oxygen atoms in total. The summed E-state index contributed by atoms with van der Waals surface area (Å²) >= 11 is 3.43. The summed E-state index contributed by atoms with van der Waals surface area (Å²) in [7, 11) is 0. The van der Waals surface area contributed by atoms with Gasteiger partial charge in [-0.25, -0.2) is 0 Å². The van der Waals surface area contributed by atoms with E-state index < -0.39 is 0 Å².